The molecular weight excluding hydrogens is 348 g/mol. The van der Waals surface area contributed by atoms with Crippen molar-refractivity contribution in [1.82, 2.24) is 5.32 Å². The molecule has 25 heavy (non-hydrogen) atoms. The number of nitro groups is 1. The summed E-state index contributed by atoms with van der Waals surface area (Å²) in [6.45, 7) is 1.29. The van der Waals surface area contributed by atoms with Gasteiger partial charge in [0, 0.05) is 17.2 Å². The minimum Gasteiger partial charge on any atom is -0.452 e. The fourth-order valence-corrected chi connectivity index (χ4v) is 2.42. The molecule has 0 aliphatic rings. The number of carbonyl (C=O) groups is 2. The van der Waals surface area contributed by atoms with Crippen molar-refractivity contribution in [2.75, 3.05) is 6.61 Å². The number of nitrogens with one attached hydrogen (secondary N) is 1. The molecule has 0 heterocycles. The number of carbonyl (C=O) groups excluding carboxylic acids is 2. The third-order valence-electron chi connectivity index (χ3n) is 3.40. The Labute approximate surface area is 148 Å². The second kappa shape index (κ2) is 8.25. The van der Waals surface area contributed by atoms with Gasteiger partial charge in [-0.3, -0.25) is 14.9 Å². The molecule has 0 bridgehead atoms. The van der Waals surface area contributed by atoms with Crippen LogP contribution in [0, 0.1) is 10.1 Å². The van der Waals surface area contributed by atoms with E-state index >= 15 is 0 Å². The van der Waals surface area contributed by atoms with Crippen molar-refractivity contribution in [2.24, 2.45) is 0 Å². The summed E-state index contributed by atoms with van der Waals surface area (Å²) < 4.78 is 4.90. The average molecular weight is 363 g/mol. The zero-order valence-electron chi connectivity index (χ0n) is 13.3. The molecule has 2 rings (SSSR count). The number of ether oxygens (including phenoxy) is 1. The van der Waals surface area contributed by atoms with Crippen LogP contribution in [0.25, 0.3) is 0 Å². The predicted molar refractivity (Wildman–Crippen MR) is 91.4 cm³/mol. The first kappa shape index (κ1) is 18.4. The van der Waals surface area contributed by atoms with E-state index < -0.39 is 23.4 Å². The van der Waals surface area contributed by atoms with E-state index in [1.807, 2.05) is 0 Å². The van der Waals surface area contributed by atoms with Gasteiger partial charge in [0.1, 0.15) is 0 Å². The molecule has 130 valence electrons. The molecule has 0 saturated carbocycles. The second-order valence-corrected chi connectivity index (χ2v) is 5.60. The van der Waals surface area contributed by atoms with Crippen LogP contribution in [0.4, 0.5) is 5.69 Å². The molecular formula is C17H15ClN2O5. The molecule has 0 spiro atoms. The van der Waals surface area contributed by atoms with Gasteiger partial charge in [0.05, 0.1) is 16.5 Å². The van der Waals surface area contributed by atoms with Crippen LogP contribution in [-0.2, 0) is 9.53 Å². The average Bonchev–Trinajstić information content (AvgIpc) is 2.60. The third-order valence-corrected chi connectivity index (χ3v) is 3.74. The van der Waals surface area contributed by atoms with Crippen molar-refractivity contribution in [1.29, 1.82) is 0 Å². The maximum Gasteiger partial charge on any atom is 0.338 e. The van der Waals surface area contributed by atoms with Crippen LogP contribution in [-0.4, -0.2) is 23.4 Å². The number of non-ortho nitro benzene ring substituents is 1. The van der Waals surface area contributed by atoms with Gasteiger partial charge in [-0.1, -0.05) is 29.8 Å². The molecule has 0 aliphatic heterocycles. The maximum absolute atomic E-state index is 11.9. The number of hydrogen-bond donors (Lipinski definition) is 1. The van der Waals surface area contributed by atoms with E-state index in [0.717, 1.165) is 5.56 Å². The van der Waals surface area contributed by atoms with Gasteiger partial charge in [-0.15, -0.1) is 0 Å². The van der Waals surface area contributed by atoms with E-state index in [1.54, 1.807) is 31.2 Å². The summed E-state index contributed by atoms with van der Waals surface area (Å²) in [5.41, 5.74) is 0.736. The first-order chi connectivity index (χ1) is 11.9. The Balaban J connectivity index is 1.88. The Hall–Kier alpha value is -2.93. The zero-order valence-corrected chi connectivity index (χ0v) is 14.0. The summed E-state index contributed by atoms with van der Waals surface area (Å²) in [5.74, 6) is -1.22. The van der Waals surface area contributed by atoms with Gasteiger partial charge < -0.3 is 10.1 Å². The molecule has 0 fully saturated rings. The van der Waals surface area contributed by atoms with Crippen LogP contribution >= 0.6 is 11.6 Å². The molecule has 0 saturated heterocycles. The van der Waals surface area contributed by atoms with Gasteiger partial charge >= 0.3 is 5.97 Å². The maximum atomic E-state index is 11.9. The quantitative estimate of drug-likeness (QED) is 0.483. The first-order valence-electron chi connectivity index (χ1n) is 7.34. The lowest BCUT2D eigenvalue weighted by atomic mass is 10.1. The Kier molecular flexibility index (Phi) is 6.08. The molecule has 7 nitrogen and oxygen atoms in total. The Morgan fingerprint density at radius 3 is 2.44 bits per heavy atom. The summed E-state index contributed by atoms with van der Waals surface area (Å²) in [6.07, 6.45) is 0. The van der Waals surface area contributed by atoms with Crippen LogP contribution in [0.3, 0.4) is 0 Å². The van der Waals surface area contributed by atoms with Gasteiger partial charge in [0.25, 0.3) is 11.6 Å². The topological polar surface area (TPSA) is 98.5 Å². The van der Waals surface area contributed by atoms with Crippen LogP contribution < -0.4 is 5.32 Å². The summed E-state index contributed by atoms with van der Waals surface area (Å²) in [5, 5.41) is 13.8. The molecule has 8 heteroatoms. The lowest BCUT2D eigenvalue weighted by Gasteiger charge is -2.15. The first-order valence-corrected chi connectivity index (χ1v) is 7.71. The highest BCUT2D eigenvalue weighted by atomic mass is 35.5. The van der Waals surface area contributed by atoms with E-state index in [0.29, 0.717) is 5.02 Å². The number of rotatable bonds is 6. The lowest BCUT2D eigenvalue weighted by Crippen LogP contribution is -2.31. The highest BCUT2D eigenvalue weighted by Crippen LogP contribution is 2.22. The normalized spacial score (nSPS) is 11.4. The van der Waals surface area contributed by atoms with Crippen molar-refractivity contribution in [3.8, 4) is 0 Å². The van der Waals surface area contributed by atoms with Gasteiger partial charge in [-0.25, -0.2) is 4.79 Å². The summed E-state index contributed by atoms with van der Waals surface area (Å²) in [7, 11) is 0. The van der Waals surface area contributed by atoms with Gasteiger partial charge in [-0.05, 0) is 30.7 Å². The summed E-state index contributed by atoms with van der Waals surface area (Å²) in [6, 6.07) is 11.7. The molecule has 1 N–H and O–H groups in total. The molecule has 0 radical (unpaired) electrons. The number of halogens is 1. The second-order valence-electron chi connectivity index (χ2n) is 5.19. The van der Waals surface area contributed by atoms with E-state index in [9.17, 15) is 19.7 Å². The van der Waals surface area contributed by atoms with Crippen LogP contribution in [0.15, 0.2) is 48.5 Å². The monoisotopic (exact) mass is 362 g/mol. The SMILES string of the molecule is C[C@H](NC(=O)COC(=O)c1ccc([N+](=O)[O-])cc1)c1ccccc1Cl. The number of hydrogen-bond acceptors (Lipinski definition) is 5. The van der Waals surface area contributed by atoms with Crippen molar-refractivity contribution in [3.05, 3.63) is 74.8 Å². The molecule has 2 aromatic rings. The molecule has 0 aliphatic carbocycles. The van der Waals surface area contributed by atoms with E-state index in [1.165, 1.54) is 24.3 Å². The smallest absolute Gasteiger partial charge is 0.338 e. The minimum atomic E-state index is -0.740. The number of amides is 1. The Morgan fingerprint density at radius 2 is 1.84 bits per heavy atom. The van der Waals surface area contributed by atoms with Crippen LogP contribution in [0.5, 0.6) is 0 Å². The van der Waals surface area contributed by atoms with Gasteiger partial charge in [0.2, 0.25) is 0 Å². The van der Waals surface area contributed by atoms with E-state index in [-0.39, 0.29) is 17.3 Å². The molecule has 1 atom stereocenters. The van der Waals surface area contributed by atoms with Crippen LogP contribution in [0.1, 0.15) is 28.9 Å². The fraction of sp³-hybridized carbons (Fsp3) is 0.176. The van der Waals surface area contributed by atoms with Crippen molar-refractivity contribution >= 4 is 29.2 Å². The van der Waals surface area contributed by atoms with E-state index in [4.69, 9.17) is 16.3 Å². The number of nitro benzene ring substituents is 1. The molecule has 0 aromatic heterocycles. The number of benzene rings is 2. The predicted octanol–water partition coefficient (Wildman–Crippen LogP) is 3.28. The third kappa shape index (κ3) is 5.02. The van der Waals surface area contributed by atoms with Crippen molar-refractivity contribution in [2.45, 2.75) is 13.0 Å². The molecule has 1 amide bonds. The lowest BCUT2D eigenvalue weighted by molar-refractivity contribution is -0.384. The van der Waals surface area contributed by atoms with Crippen LogP contribution in [0.2, 0.25) is 5.02 Å². The molecule has 2 aromatic carbocycles. The Morgan fingerprint density at radius 1 is 1.20 bits per heavy atom. The highest BCUT2D eigenvalue weighted by Gasteiger charge is 2.15. The summed E-state index contributed by atoms with van der Waals surface area (Å²) >= 11 is 6.06. The largest absolute Gasteiger partial charge is 0.452 e. The number of esters is 1. The summed E-state index contributed by atoms with van der Waals surface area (Å²) in [4.78, 5) is 33.7. The standard InChI is InChI=1S/C17H15ClN2O5/c1-11(14-4-2-3-5-15(14)18)19-16(21)10-25-17(22)12-6-8-13(9-7-12)20(23)24/h2-9,11H,10H2,1H3,(H,19,21)/t11-/m0/s1. The molecule has 0 unspecified atom stereocenters. The van der Waals surface area contributed by atoms with E-state index in [2.05, 4.69) is 5.32 Å². The highest BCUT2D eigenvalue weighted by molar-refractivity contribution is 6.31. The van der Waals surface area contributed by atoms with Crippen molar-refractivity contribution < 1.29 is 19.2 Å². The minimum absolute atomic E-state index is 0.123. The zero-order chi connectivity index (χ0) is 18.4. The van der Waals surface area contributed by atoms with Gasteiger partial charge in [0.15, 0.2) is 6.61 Å². The van der Waals surface area contributed by atoms with Gasteiger partial charge in [-0.2, -0.15) is 0 Å². The number of nitrogens with zero attached hydrogens (tertiary/aromatic N) is 1. The Bertz CT molecular complexity index is 792. The fourth-order valence-electron chi connectivity index (χ4n) is 2.12. The van der Waals surface area contributed by atoms with Crippen molar-refractivity contribution in [3.63, 3.8) is 0 Å².